The highest BCUT2D eigenvalue weighted by molar-refractivity contribution is 9.10. The maximum Gasteiger partial charge on any atom is 0.145 e. The third-order valence-electron chi connectivity index (χ3n) is 3.89. The van der Waals surface area contributed by atoms with Crippen molar-refractivity contribution in [1.29, 1.82) is 5.26 Å². The van der Waals surface area contributed by atoms with E-state index in [1.807, 2.05) is 14.0 Å². The Labute approximate surface area is 130 Å². The summed E-state index contributed by atoms with van der Waals surface area (Å²) in [6, 6.07) is 2.36. The summed E-state index contributed by atoms with van der Waals surface area (Å²) < 4.78 is 6.73. The summed E-state index contributed by atoms with van der Waals surface area (Å²) in [5, 5.41) is 9.15. The standard InChI is InChI=1S/C16H23BrN2O/c1-7-13(8-18)9-19(5)15-12(4)14(17)10(2)11(3)16(15)20-6/h13H,7,9H2,1-6H3. The van der Waals surface area contributed by atoms with Crippen LogP contribution >= 0.6 is 15.9 Å². The van der Waals surface area contributed by atoms with Gasteiger partial charge in [-0.3, -0.25) is 0 Å². The molecule has 0 saturated carbocycles. The third-order valence-corrected chi connectivity index (χ3v) is 5.08. The van der Waals surface area contributed by atoms with Gasteiger partial charge in [-0.1, -0.05) is 22.9 Å². The van der Waals surface area contributed by atoms with Gasteiger partial charge in [0, 0.05) is 18.1 Å². The van der Waals surface area contributed by atoms with Crippen LogP contribution in [0, 0.1) is 38.0 Å². The average Bonchev–Trinajstić information content (AvgIpc) is 2.45. The molecule has 0 aliphatic rings. The maximum atomic E-state index is 9.15. The van der Waals surface area contributed by atoms with E-state index in [0.29, 0.717) is 6.54 Å². The van der Waals surface area contributed by atoms with Crippen LogP contribution in [0.3, 0.4) is 0 Å². The van der Waals surface area contributed by atoms with Crippen molar-refractivity contribution in [3.63, 3.8) is 0 Å². The Balaban J connectivity index is 3.33. The largest absolute Gasteiger partial charge is 0.494 e. The summed E-state index contributed by atoms with van der Waals surface area (Å²) in [5.41, 5.74) is 4.55. The summed E-state index contributed by atoms with van der Waals surface area (Å²) >= 11 is 3.67. The van der Waals surface area contributed by atoms with Gasteiger partial charge in [0.15, 0.2) is 0 Å². The Kier molecular flexibility index (Phi) is 5.88. The number of nitrogens with zero attached hydrogens (tertiary/aromatic N) is 2. The first-order valence-corrected chi connectivity index (χ1v) is 7.62. The quantitative estimate of drug-likeness (QED) is 0.799. The summed E-state index contributed by atoms with van der Waals surface area (Å²) in [4.78, 5) is 2.13. The molecule has 4 heteroatoms. The van der Waals surface area contributed by atoms with E-state index in [1.165, 1.54) is 5.56 Å². The van der Waals surface area contributed by atoms with Crippen LogP contribution in [0.1, 0.15) is 30.0 Å². The van der Waals surface area contributed by atoms with Crippen molar-refractivity contribution in [2.45, 2.75) is 34.1 Å². The van der Waals surface area contributed by atoms with Crippen molar-refractivity contribution >= 4 is 21.6 Å². The Morgan fingerprint density at radius 3 is 2.30 bits per heavy atom. The van der Waals surface area contributed by atoms with E-state index in [-0.39, 0.29) is 5.92 Å². The van der Waals surface area contributed by atoms with E-state index < -0.39 is 0 Å². The maximum absolute atomic E-state index is 9.15. The highest BCUT2D eigenvalue weighted by atomic mass is 79.9. The lowest BCUT2D eigenvalue weighted by Gasteiger charge is -2.28. The molecule has 1 aromatic rings. The highest BCUT2D eigenvalue weighted by Gasteiger charge is 2.21. The number of hydrogen-bond donors (Lipinski definition) is 0. The molecule has 0 spiro atoms. The van der Waals surface area contributed by atoms with Crippen LogP contribution < -0.4 is 9.64 Å². The van der Waals surface area contributed by atoms with Gasteiger partial charge >= 0.3 is 0 Å². The first-order chi connectivity index (χ1) is 9.38. The van der Waals surface area contributed by atoms with Crippen LogP contribution in [0.5, 0.6) is 5.75 Å². The number of nitriles is 1. The van der Waals surface area contributed by atoms with Crippen LogP contribution in [0.25, 0.3) is 0 Å². The molecular weight excluding hydrogens is 316 g/mol. The molecule has 0 fully saturated rings. The van der Waals surface area contributed by atoms with Gasteiger partial charge in [0.05, 0.1) is 24.8 Å². The van der Waals surface area contributed by atoms with Crippen molar-refractivity contribution in [3.05, 3.63) is 21.2 Å². The van der Waals surface area contributed by atoms with Gasteiger partial charge in [0.1, 0.15) is 5.75 Å². The number of benzene rings is 1. The van der Waals surface area contributed by atoms with Gasteiger partial charge in [-0.05, 0) is 43.9 Å². The van der Waals surface area contributed by atoms with E-state index in [1.54, 1.807) is 7.11 Å². The molecule has 0 heterocycles. The third kappa shape index (κ3) is 3.09. The molecule has 1 unspecified atom stereocenters. The van der Waals surface area contributed by atoms with Crippen molar-refractivity contribution in [2.24, 2.45) is 5.92 Å². The molecule has 20 heavy (non-hydrogen) atoms. The fraction of sp³-hybridized carbons (Fsp3) is 0.562. The molecule has 1 rings (SSSR count). The summed E-state index contributed by atoms with van der Waals surface area (Å²) in [7, 11) is 3.72. The van der Waals surface area contributed by atoms with Crippen LogP contribution in [-0.4, -0.2) is 20.7 Å². The van der Waals surface area contributed by atoms with Crippen LogP contribution in [0.4, 0.5) is 5.69 Å². The molecule has 1 atom stereocenters. The van der Waals surface area contributed by atoms with Gasteiger partial charge < -0.3 is 9.64 Å². The Morgan fingerprint density at radius 1 is 1.25 bits per heavy atom. The van der Waals surface area contributed by atoms with E-state index in [0.717, 1.165) is 33.5 Å². The molecule has 110 valence electrons. The minimum Gasteiger partial charge on any atom is -0.494 e. The van der Waals surface area contributed by atoms with E-state index >= 15 is 0 Å². The van der Waals surface area contributed by atoms with Gasteiger partial charge in [-0.2, -0.15) is 5.26 Å². The highest BCUT2D eigenvalue weighted by Crippen LogP contribution is 2.41. The normalized spacial score (nSPS) is 11.9. The summed E-state index contributed by atoms with van der Waals surface area (Å²) in [5.74, 6) is 0.933. The summed E-state index contributed by atoms with van der Waals surface area (Å²) in [6.07, 6.45) is 0.855. The lowest BCUT2D eigenvalue weighted by Crippen LogP contribution is -2.26. The van der Waals surface area contributed by atoms with Crippen molar-refractivity contribution < 1.29 is 4.74 Å². The Morgan fingerprint density at radius 2 is 1.85 bits per heavy atom. The Bertz CT molecular complexity index is 535. The SMILES string of the molecule is CCC(C#N)CN(C)c1c(C)c(Br)c(C)c(C)c1OC. The lowest BCUT2D eigenvalue weighted by atomic mass is 10.0. The van der Waals surface area contributed by atoms with E-state index in [2.05, 4.69) is 47.7 Å². The minimum atomic E-state index is 0.0319. The van der Waals surface area contributed by atoms with Crippen molar-refractivity contribution in [1.82, 2.24) is 0 Å². The molecule has 0 N–H and O–H groups in total. The second kappa shape index (κ2) is 6.99. The van der Waals surface area contributed by atoms with Gasteiger partial charge in [0.2, 0.25) is 0 Å². The topological polar surface area (TPSA) is 36.3 Å². The van der Waals surface area contributed by atoms with E-state index in [4.69, 9.17) is 10.00 Å². The molecule has 0 radical (unpaired) electrons. The lowest BCUT2D eigenvalue weighted by molar-refractivity contribution is 0.410. The van der Waals surface area contributed by atoms with Crippen LogP contribution in [0.2, 0.25) is 0 Å². The minimum absolute atomic E-state index is 0.0319. The average molecular weight is 339 g/mol. The van der Waals surface area contributed by atoms with Gasteiger partial charge in [-0.15, -0.1) is 0 Å². The molecule has 0 saturated heterocycles. The molecule has 0 aromatic heterocycles. The number of anilines is 1. The van der Waals surface area contributed by atoms with E-state index in [9.17, 15) is 0 Å². The first-order valence-electron chi connectivity index (χ1n) is 6.82. The van der Waals surface area contributed by atoms with Gasteiger partial charge in [0.25, 0.3) is 0 Å². The number of methoxy groups -OCH3 is 1. The fourth-order valence-electron chi connectivity index (χ4n) is 2.46. The Hall–Kier alpha value is -1.21. The molecule has 3 nitrogen and oxygen atoms in total. The zero-order chi connectivity index (χ0) is 15.4. The summed E-state index contributed by atoms with van der Waals surface area (Å²) in [6.45, 7) is 8.99. The second-order valence-electron chi connectivity index (χ2n) is 5.19. The zero-order valence-corrected chi connectivity index (χ0v) is 14.8. The smallest absolute Gasteiger partial charge is 0.145 e. The zero-order valence-electron chi connectivity index (χ0n) is 13.2. The first kappa shape index (κ1) is 16.8. The number of rotatable bonds is 5. The molecule has 0 aliphatic carbocycles. The number of ether oxygens (including phenoxy) is 1. The predicted molar refractivity (Wildman–Crippen MR) is 87.6 cm³/mol. The van der Waals surface area contributed by atoms with Crippen molar-refractivity contribution in [2.75, 3.05) is 25.6 Å². The predicted octanol–water partition coefficient (Wildman–Crippen LogP) is 4.37. The molecule has 1 aromatic carbocycles. The van der Waals surface area contributed by atoms with Gasteiger partial charge in [-0.25, -0.2) is 0 Å². The monoisotopic (exact) mass is 338 g/mol. The van der Waals surface area contributed by atoms with Crippen LogP contribution in [-0.2, 0) is 0 Å². The number of hydrogen-bond acceptors (Lipinski definition) is 3. The molecule has 0 bridgehead atoms. The fourth-order valence-corrected chi connectivity index (χ4v) is 2.95. The van der Waals surface area contributed by atoms with Crippen molar-refractivity contribution in [3.8, 4) is 11.8 Å². The van der Waals surface area contributed by atoms with Crippen LogP contribution in [0.15, 0.2) is 4.47 Å². The molecule has 0 aliphatic heterocycles. The molecular formula is C16H23BrN2O. The number of halogens is 1. The molecule has 0 amide bonds. The second-order valence-corrected chi connectivity index (χ2v) is 5.98.